The van der Waals surface area contributed by atoms with Gasteiger partial charge in [0.1, 0.15) is 0 Å². The van der Waals surface area contributed by atoms with Gasteiger partial charge in [0, 0.05) is 33.0 Å². The van der Waals surface area contributed by atoms with Crippen LogP contribution in [0.15, 0.2) is 0 Å². The highest BCUT2D eigenvalue weighted by Crippen LogP contribution is 2.24. The van der Waals surface area contributed by atoms with Crippen LogP contribution in [0.1, 0.15) is 33.1 Å². The van der Waals surface area contributed by atoms with Crippen molar-refractivity contribution in [1.82, 2.24) is 10.6 Å². The number of carbonyl (C=O) groups excluding carboxylic acids is 2. The molecule has 0 bridgehead atoms. The summed E-state index contributed by atoms with van der Waals surface area (Å²) >= 11 is 0. The SMILES string of the molecule is COCCNC(=O)CCNC(=O)CC(C)(C)CC(=O)O. The van der Waals surface area contributed by atoms with Gasteiger partial charge in [-0.3, -0.25) is 14.4 Å². The Hall–Kier alpha value is -1.63. The number of aliphatic carboxylic acids is 1. The molecule has 0 spiro atoms. The summed E-state index contributed by atoms with van der Waals surface area (Å²) in [5.41, 5.74) is -0.601. The van der Waals surface area contributed by atoms with E-state index in [2.05, 4.69) is 10.6 Å². The summed E-state index contributed by atoms with van der Waals surface area (Å²) in [6, 6.07) is 0. The number of hydrogen-bond donors (Lipinski definition) is 3. The first kappa shape index (κ1) is 18.4. The van der Waals surface area contributed by atoms with Gasteiger partial charge in [0.05, 0.1) is 13.0 Å². The van der Waals surface area contributed by atoms with Crippen molar-refractivity contribution in [3.8, 4) is 0 Å². The smallest absolute Gasteiger partial charge is 0.303 e. The average Bonchev–Trinajstić information content (AvgIpc) is 2.26. The summed E-state index contributed by atoms with van der Waals surface area (Å²) in [6.45, 7) is 4.56. The molecular formula is C13H24N2O5. The van der Waals surface area contributed by atoms with Crippen LogP contribution in [0.5, 0.6) is 0 Å². The maximum absolute atomic E-state index is 11.6. The van der Waals surface area contributed by atoms with E-state index in [0.717, 1.165) is 0 Å². The molecule has 0 unspecified atom stereocenters. The molecule has 0 aromatic heterocycles. The lowest BCUT2D eigenvalue weighted by Gasteiger charge is -2.21. The Bertz CT molecular complexity index is 342. The summed E-state index contributed by atoms with van der Waals surface area (Å²) in [7, 11) is 1.55. The summed E-state index contributed by atoms with van der Waals surface area (Å²) in [5.74, 6) is -1.34. The fraction of sp³-hybridized carbons (Fsp3) is 0.769. The van der Waals surface area contributed by atoms with Crippen molar-refractivity contribution >= 4 is 17.8 Å². The first-order chi connectivity index (χ1) is 9.26. The van der Waals surface area contributed by atoms with Crippen LogP contribution in [-0.2, 0) is 19.1 Å². The molecule has 0 aliphatic carbocycles. The third kappa shape index (κ3) is 10.3. The van der Waals surface area contributed by atoms with E-state index in [-0.39, 0.29) is 37.6 Å². The number of ether oxygens (including phenoxy) is 1. The summed E-state index contributed by atoms with van der Waals surface area (Å²) in [5, 5.41) is 14.0. The molecule has 7 nitrogen and oxygen atoms in total. The van der Waals surface area contributed by atoms with Crippen molar-refractivity contribution in [2.75, 3.05) is 26.8 Å². The normalized spacial score (nSPS) is 10.9. The molecule has 7 heteroatoms. The maximum atomic E-state index is 11.6. The number of nitrogens with one attached hydrogen (secondary N) is 2. The number of methoxy groups -OCH3 is 1. The Morgan fingerprint density at radius 2 is 1.65 bits per heavy atom. The van der Waals surface area contributed by atoms with Gasteiger partial charge in [-0.05, 0) is 5.41 Å². The van der Waals surface area contributed by atoms with Crippen molar-refractivity contribution in [2.24, 2.45) is 5.41 Å². The minimum Gasteiger partial charge on any atom is -0.481 e. The van der Waals surface area contributed by atoms with Gasteiger partial charge in [0.15, 0.2) is 0 Å². The quantitative estimate of drug-likeness (QED) is 0.496. The van der Waals surface area contributed by atoms with E-state index < -0.39 is 11.4 Å². The van der Waals surface area contributed by atoms with Crippen LogP contribution in [0.4, 0.5) is 0 Å². The molecule has 2 amide bonds. The van der Waals surface area contributed by atoms with E-state index in [1.807, 2.05) is 0 Å². The molecule has 0 fully saturated rings. The Morgan fingerprint density at radius 3 is 2.20 bits per heavy atom. The second-order valence-electron chi connectivity index (χ2n) is 5.35. The topological polar surface area (TPSA) is 105 Å². The summed E-state index contributed by atoms with van der Waals surface area (Å²) in [6.07, 6.45) is 0.233. The predicted molar refractivity (Wildman–Crippen MR) is 73.2 cm³/mol. The van der Waals surface area contributed by atoms with E-state index in [0.29, 0.717) is 13.2 Å². The molecule has 3 N–H and O–H groups in total. The Labute approximate surface area is 119 Å². The zero-order chi connectivity index (χ0) is 15.6. The van der Waals surface area contributed by atoms with Crippen LogP contribution in [0.25, 0.3) is 0 Å². The van der Waals surface area contributed by atoms with Gasteiger partial charge in [0.2, 0.25) is 11.8 Å². The molecule has 0 heterocycles. The second-order valence-corrected chi connectivity index (χ2v) is 5.35. The van der Waals surface area contributed by atoms with Crippen molar-refractivity contribution < 1.29 is 24.2 Å². The monoisotopic (exact) mass is 288 g/mol. The van der Waals surface area contributed by atoms with Crippen LogP contribution in [-0.4, -0.2) is 49.7 Å². The first-order valence-electron chi connectivity index (χ1n) is 6.51. The third-order valence-corrected chi connectivity index (χ3v) is 2.57. The molecule has 0 aliphatic rings. The lowest BCUT2D eigenvalue weighted by molar-refractivity contribution is -0.139. The van der Waals surface area contributed by atoms with Crippen molar-refractivity contribution in [1.29, 1.82) is 0 Å². The highest BCUT2D eigenvalue weighted by molar-refractivity contribution is 5.79. The minimum absolute atomic E-state index is 0.0715. The van der Waals surface area contributed by atoms with Gasteiger partial charge in [-0.1, -0.05) is 13.8 Å². The maximum Gasteiger partial charge on any atom is 0.303 e. The van der Waals surface area contributed by atoms with Crippen LogP contribution in [0, 0.1) is 5.41 Å². The van der Waals surface area contributed by atoms with Crippen LogP contribution in [0.2, 0.25) is 0 Å². The largest absolute Gasteiger partial charge is 0.481 e. The van der Waals surface area contributed by atoms with Crippen molar-refractivity contribution in [3.63, 3.8) is 0 Å². The zero-order valence-corrected chi connectivity index (χ0v) is 12.3. The molecule has 116 valence electrons. The third-order valence-electron chi connectivity index (χ3n) is 2.57. The fourth-order valence-corrected chi connectivity index (χ4v) is 1.67. The fourth-order valence-electron chi connectivity index (χ4n) is 1.67. The van der Waals surface area contributed by atoms with Crippen molar-refractivity contribution in [3.05, 3.63) is 0 Å². The molecule has 0 saturated carbocycles. The lowest BCUT2D eigenvalue weighted by atomic mass is 9.85. The highest BCUT2D eigenvalue weighted by atomic mass is 16.5. The van der Waals surface area contributed by atoms with Crippen LogP contribution in [0.3, 0.4) is 0 Å². The van der Waals surface area contributed by atoms with E-state index in [1.54, 1.807) is 21.0 Å². The van der Waals surface area contributed by atoms with Crippen LogP contribution >= 0.6 is 0 Å². The van der Waals surface area contributed by atoms with Gasteiger partial charge in [-0.25, -0.2) is 0 Å². The lowest BCUT2D eigenvalue weighted by Crippen LogP contribution is -2.34. The number of amides is 2. The van der Waals surface area contributed by atoms with Gasteiger partial charge in [-0.15, -0.1) is 0 Å². The van der Waals surface area contributed by atoms with E-state index in [4.69, 9.17) is 9.84 Å². The van der Waals surface area contributed by atoms with Crippen molar-refractivity contribution in [2.45, 2.75) is 33.1 Å². The molecule has 0 aromatic rings. The summed E-state index contributed by atoms with van der Waals surface area (Å²) < 4.78 is 4.79. The molecule has 0 radical (unpaired) electrons. The van der Waals surface area contributed by atoms with Crippen LogP contribution < -0.4 is 10.6 Å². The number of carboxylic acids is 1. The first-order valence-corrected chi connectivity index (χ1v) is 6.51. The minimum atomic E-state index is -0.930. The summed E-state index contributed by atoms with van der Waals surface area (Å²) in [4.78, 5) is 33.6. The number of carboxylic acid groups (broad SMARTS) is 1. The molecule has 20 heavy (non-hydrogen) atoms. The second kappa shape index (κ2) is 9.30. The number of hydrogen-bond acceptors (Lipinski definition) is 4. The average molecular weight is 288 g/mol. The Kier molecular flexibility index (Phi) is 8.54. The van der Waals surface area contributed by atoms with Gasteiger partial charge < -0.3 is 20.5 Å². The number of carbonyl (C=O) groups is 3. The standard InChI is InChI=1S/C13H24N2O5/c1-13(2,9-12(18)19)8-11(17)14-5-4-10(16)15-6-7-20-3/h4-9H2,1-3H3,(H,14,17)(H,15,16)(H,18,19). The highest BCUT2D eigenvalue weighted by Gasteiger charge is 2.24. The van der Waals surface area contributed by atoms with Gasteiger partial charge in [-0.2, -0.15) is 0 Å². The predicted octanol–water partition coefficient (Wildman–Crippen LogP) is 0.146. The molecule has 0 aromatic carbocycles. The van der Waals surface area contributed by atoms with E-state index >= 15 is 0 Å². The molecule has 0 rings (SSSR count). The van der Waals surface area contributed by atoms with E-state index in [9.17, 15) is 14.4 Å². The Balaban J connectivity index is 3.83. The molecule has 0 aliphatic heterocycles. The Morgan fingerprint density at radius 1 is 1.05 bits per heavy atom. The van der Waals surface area contributed by atoms with Gasteiger partial charge in [0.25, 0.3) is 0 Å². The molecule has 0 atom stereocenters. The van der Waals surface area contributed by atoms with Gasteiger partial charge >= 0.3 is 5.97 Å². The number of rotatable bonds is 10. The zero-order valence-electron chi connectivity index (χ0n) is 12.3. The van der Waals surface area contributed by atoms with E-state index in [1.165, 1.54) is 0 Å². The molecule has 0 saturated heterocycles. The molecular weight excluding hydrogens is 264 g/mol.